The van der Waals surface area contributed by atoms with Gasteiger partial charge in [-0.2, -0.15) is 0 Å². The van der Waals surface area contributed by atoms with Crippen LogP contribution in [0.5, 0.6) is 11.5 Å². The van der Waals surface area contributed by atoms with Crippen molar-refractivity contribution >= 4 is 35.0 Å². The van der Waals surface area contributed by atoms with Crippen LogP contribution in [-0.4, -0.2) is 112 Å². The third kappa shape index (κ3) is 8.53. The van der Waals surface area contributed by atoms with E-state index < -0.39 is 11.9 Å². The van der Waals surface area contributed by atoms with Gasteiger partial charge < -0.3 is 44.6 Å². The highest BCUT2D eigenvalue weighted by atomic mass is 16.5. The van der Waals surface area contributed by atoms with Crippen molar-refractivity contribution in [3.63, 3.8) is 0 Å². The number of nitrogens with one attached hydrogen (secondary N) is 1. The summed E-state index contributed by atoms with van der Waals surface area (Å²) in [5.41, 5.74) is 2.89. The van der Waals surface area contributed by atoms with Crippen LogP contribution in [0.2, 0.25) is 0 Å². The molecular weight excluding hydrogens is 518 g/mol. The van der Waals surface area contributed by atoms with Crippen molar-refractivity contribution in [1.29, 1.82) is 0 Å². The fraction of sp³-hybridized carbons (Fsp3) is 0.393. The molecule has 0 radical (unpaired) electrons. The molecule has 12 heteroatoms. The van der Waals surface area contributed by atoms with E-state index in [0.29, 0.717) is 25.2 Å². The quantitative estimate of drug-likeness (QED) is 0.438. The van der Waals surface area contributed by atoms with E-state index in [1.54, 1.807) is 14.2 Å². The maximum absolute atomic E-state index is 12.9. The molecule has 12 nitrogen and oxygen atoms in total. The number of likely N-dealkylation sites (N-methyl/N-ethyl adjacent to an activating group) is 1. The van der Waals surface area contributed by atoms with Gasteiger partial charge in [-0.1, -0.05) is 12.1 Å². The molecule has 3 N–H and O–H groups in total. The lowest BCUT2D eigenvalue weighted by atomic mass is 10.2. The van der Waals surface area contributed by atoms with Crippen LogP contribution in [0, 0.1) is 0 Å². The molecule has 2 heterocycles. The van der Waals surface area contributed by atoms with Crippen LogP contribution in [0.25, 0.3) is 0 Å². The maximum atomic E-state index is 12.9. The number of ether oxygens (including phenoxy) is 2. The number of carbonyl (C=O) groups is 3. The lowest BCUT2D eigenvalue weighted by Gasteiger charge is -2.37. The van der Waals surface area contributed by atoms with Gasteiger partial charge in [0.15, 0.2) is 0 Å². The van der Waals surface area contributed by atoms with Crippen molar-refractivity contribution in [3.8, 4) is 11.5 Å². The number of carboxylic acid groups (broad SMARTS) is 2. The molecule has 0 saturated carbocycles. The molecule has 2 amide bonds. The van der Waals surface area contributed by atoms with Gasteiger partial charge in [0.25, 0.3) is 0 Å². The third-order valence-corrected chi connectivity index (χ3v) is 6.64. The predicted molar refractivity (Wildman–Crippen MR) is 153 cm³/mol. The van der Waals surface area contributed by atoms with Gasteiger partial charge in [-0.15, -0.1) is 0 Å². The fourth-order valence-corrected chi connectivity index (χ4v) is 4.45. The van der Waals surface area contributed by atoms with Crippen LogP contribution in [0.3, 0.4) is 0 Å². The van der Waals surface area contributed by atoms with Crippen molar-refractivity contribution in [2.24, 2.45) is 0 Å². The van der Waals surface area contributed by atoms with Crippen molar-refractivity contribution in [2.45, 2.75) is 0 Å². The summed E-state index contributed by atoms with van der Waals surface area (Å²) in [5.74, 6) is -0.821. The van der Waals surface area contributed by atoms with Crippen molar-refractivity contribution in [1.82, 2.24) is 9.80 Å². The highest BCUT2D eigenvalue weighted by Crippen LogP contribution is 2.32. The third-order valence-electron chi connectivity index (χ3n) is 6.64. The zero-order chi connectivity index (χ0) is 29.1. The standard InChI is InChI=1S/C24H33N5O3.C4H4O4/c1-26-10-12-28(13-11-26)21-18-19(8-9-23(21)32-3)25-24(30)29-16-14-27(15-17-29)20-6-4-5-7-22(20)31-2;5-3(6)1-2-4(7)8/h4-9,18H,10-17H2,1-3H3,(H,25,30);1-2H,(H,5,6)(H,7,8)/b;2-1+. The summed E-state index contributed by atoms with van der Waals surface area (Å²) in [5, 5.41) is 18.7. The fourth-order valence-electron chi connectivity index (χ4n) is 4.45. The molecule has 0 atom stereocenters. The van der Waals surface area contributed by atoms with E-state index in [2.05, 4.69) is 33.1 Å². The van der Waals surface area contributed by atoms with Crippen LogP contribution in [0.15, 0.2) is 54.6 Å². The number of piperazine rings is 2. The van der Waals surface area contributed by atoms with Gasteiger partial charge in [-0.05, 0) is 37.4 Å². The van der Waals surface area contributed by atoms with E-state index in [4.69, 9.17) is 19.7 Å². The number of carboxylic acids is 2. The summed E-state index contributed by atoms with van der Waals surface area (Å²) in [7, 11) is 5.51. The Bertz CT molecular complexity index is 1170. The molecular formula is C28H37N5O7. The zero-order valence-corrected chi connectivity index (χ0v) is 23.1. The Kier molecular flexibility index (Phi) is 11.0. The summed E-state index contributed by atoms with van der Waals surface area (Å²) < 4.78 is 11.1. The second kappa shape index (κ2) is 14.6. The first kappa shape index (κ1) is 30.1. The number of methoxy groups -OCH3 is 2. The Morgan fingerprint density at radius 2 is 1.27 bits per heavy atom. The molecule has 0 aliphatic carbocycles. The molecule has 216 valence electrons. The summed E-state index contributed by atoms with van der Waals surface area (Å²) in [4.78, 5) is 40.8. The second-order valence-electron chi connectivity index (χ2n) is 9.26. The van der Waals surface area contributed by atoms with Gasteiger partial charge in [0, 0.05) is 70.2 Å². The normalized spacial score (nSPS) is 15.7. The Morgan fingerprint density at radius 3 is 1.85 bits per heavy atom. The lowest BCUT2D eigenvalue weighted by molar-refractivity contribution is -0.134. The van der Waals surface area contributed by atoms with Gasteiger partial charge in [-0.3, -0.25) is 0 Å². The highest BCUT2D eigenvalue weighted by molar-refractivity contribution is 5.91. The number of benzene rings is 2. The summed E-state index contributed by atoms with van der Waals surface area (Å²) in [6.07, 6.45) is 1.12. The van der Waals surface area contributed by atoms with Crippen LogP contribution < -0.4 is 24.6 Å². The highest BCUT2D eigenvalue weighted by Gasteiger charge is 2.24. The van der Waals surface area contributed by atoms with Crippen molar-refractivity contribution < 1.29 is 34.1 Å². The van der Waals surface area contributed by atoms with Crippen LogP contribution in [-0.2, 0) is 9.59 Å². The number of carbonyl (C=O) groups excluding carboxylic acids is 1. The molecule has 0 unspecified atom stereocenters. The van der Waals surface area contributed by atoms with Crippen molar-refractivity contribution in [2.75, 3.05) is 88.7 Å². The Balaban J connectivity index is 0.000000482. The Morgan fingerprint density at radius 1 is 0.750 bits per heavy atom. The molecule has 2 aliphatic heterocycles. The second-order valence-corrected chi connectivity index (χ2v) is 9.26. The molecule has 2 fully saturated rings. The molecule has 2 aromatic carbocycles. The van der Waals surface area contributed by atoms with Crippen LogP contribution in [0.1, 0.15) is 0 Å². The van der Waals surface area contributed by atoms with Crippen LogP contribution in [0.4, 0.5) is 21.9 Å². The number of para-hydroxylation sites is 2. The SMILES string of the molecule is COc1ccc(NC(=O)N2CCN(c3ccccc3OC)CC2)cc1N1CCN(C)CC1.O=C(O)/C=C/C(=O)O. The van der Waals surface area contributed by atoms with E-state index in [-0.39, 0.29) is 6.03 Å². The van der Waals surface area contributed by atoms with Gasteiger partial charge in [-0.25, -0.2) is 14.4 Å². The molecule has 0 aromatic heterocycles. The van der Waals surface area contributed by atoms with Gasteiger partial charge in [0.2, 0.25) is 0 Å². The molecule has 0 spiro atoms. The number of anilines is 3. The van der Waals surface area contributed by atoms with E-state index in [0.717, 1.165) is 67.8 Å². The maximum Gasteiger partial charge on any atom is 0.328 e. The van der Waals surface area contributed by atoms with Crippen LogP contribution >= 0.6 is 0 Å². The number of hydrogen-bond donors (Lipinski definition) is 3. The number of amides is 2. The summed E-state index contributed by atoms with van der Waals surface area (Å²) in [6.45, 7) is 6.75. The number of hydrogen-bond acceptors (Lipinski definition) is 8. The molecule has 2 aliphatic rings. The van der Waals surface area contributed by atoms with Gasteiger partial charge in [0.05, 0.1) is 25.6 Å². The number of urea groups is 1. The van der Waals surface area contributed by atoms with Gasteiger partial charge >= 0.3 is 18.0 Å². The predicted octanol–water partition coefficient (Wildman–Crippen LogP) is 2.52. The first-order chi connectivity index (χ1) is 19.2. The smallest absolute Gasteiger partial charge is 0.328 e. The first-order valence-electron chi connectivity index (χ1n) is 12.9. The zero-order valence-electron chi connectivity index (χ0n) is 23.1. The molecule has 0 bridgehead atoms. The summed E-state index contributed by atoms with van der Waals surface area (Å²) in [6, 6.07) is 13.8. The lowest BCUT2D eigenvalue weighted by Crippen LogP contribution is -2.50. The Hall–Kier alpha value is -4.45. The van der Waals surface area contributed by atoms with E-state index in [1.807, 2.05) is 41.3 Å². The topological polar surface area (TPSA) is 135 Å². The minimum absolute atomic E-state index is 0.0702. The van der Waals surface area contributed by atoms with Crippen molar-refractivity contribution in [3.05, 3.63) is 54.6 Å². The van der Waals surface area contributed by atoms with E-state index >= 15 is 0 Å². The number of nitrogens with zero attached hydrogens (tertiary/aromatic N) is 4. The Labute approximate surface area is 234 Å². The largest absolute Gasteiger partial charge is 0.495 e. The minimum Gasteiger partial charge on any atom is -0.495 e. The number of aliphatic carboxylic acids is 2. The average Bonchev–Trinajstić information content (AvgIpc) is 2.97. The molecule has 2 saturated heterocycles. The number of rotatable bonds is 7. The average molecular weight is 556 g/mol. The minimum atomic E-state index is -1.26. The molecule has 40 heavy (non-hydrogen) atoms. The molecule has 2 aromatic rings. The molecule has 4 rings (SSSR count). The van der Waals surface area contributed by atoms with E-state index in [1.165, 1.54) is 0 Å². The van der Waals surface area contributed by atoms with E-state index in [9.17, 15) is 14.4 Å². The monoisotopic (exact) mass is 555 g/mol. The first-order valence-corrected chi connectivity index (χ1v) is 12.9. The summed E-state index contributed by atoms with van der Waals surface area (Å²) >= 11 is 0. The van der Waals surface area contributed by atoms with Gasteiger partial charge in [0.1, 0.15) is 11.5 Å².